The van der Waals surface area contributed by atoms with Crippen molar-refractivity contribution >= 4 is 40.9 Å². The molecule has 0 spiro atoms. The summed E-state index contributed by atoms with van der Waals surface area (Å²) < 4.78 is 84.9. The zero-order valence-electron chi connectivity index (χ0n) is 23.4. The van der Waals surface area contributed by atoms with Crippen LogP contribution in [0.2, 0.25) is 0 Å². The molecule has 15 heteroatoms. The predicted molar refractivity (Wildman–Crippen MR) is 149 cm³/mol. The number of ether oxygens (including phenoxy) is 2. The molecule has 4 heterocycles. The van der Waals surface area contributed by atoms with Gasteiger partial charge in [0.1, 0.15) is 34.3 Å². The quantitative estimate of drug-likeness (QED) is 0.246. The molecule has 1 aromatic carbocycles. The number of halogens is 5. The molecule has 1 amide bonds. The summed E-state index contributed by atoms with van der Waals surface area (Å²) in [6.07, 6.45) is -5.24. The van der Waals surface area contributed by atoms with Crippen LogP contribution in [0.5, 0.6) is 11.9 Å². The molecule has 2 N–H and O–H groups in total. The number of aromatic nitrogens is 3. The Morgan fingerprint density at radius 3 is 2.52 bits per heavy atom. The van der Waals surface area contributed by atoms with E-state index in [-0.39, 0.29) is 35.5 Å². The molecule has 0 aliphatic carbocycles. The van der Waals surface area contributed by atoms with Gasteiger partial charge in [-0.25, -0.2) is 13.8 Å². The van der Waals surface area contributed by atoms with E-state index in [0.29, 0.717) is 19.0 Å². The Kier molecular flexibility index (Phi) is 7.52. The number of nitrogens with two attached hydrogens (primary N) is 1. The highest BCUT2D eigenvalue weighted by Gasteiger charge is 2.45. The van der Waals surface area contributed by atoms with Gasteiger partial charge < -0.3 is 25.0 Å². The Balaban J connectivity index is 1.76. The van der Waals surface area contributed by atoms with E-state index in [9.17, 15) is 22.4 Å². The number of anilines is 2. The number of alkyl halides is 3. The molecule has 0 radical (unpaired) electrons. The fraction of sp³-hybridized carbons (Fsp3) is 0.481. The van der Waals surface area contributed by atoms with Gasteiger partial charge in [0.2, 0.25) is 11.8 Å². The SMILES string of the molecule is CCC(S)C(=O)N1CCN2c3nc(OC)nc4c(F)c(-c5cc(N)c(F)c(C)c5C(F)(F)F)nc(c34)OC(C)[C@@H]2[C@@H]1C. The Labute approximate surface area is 243 Å². The van der Waals surface area contributed by atoms with E-state index in [1.54, 1.807) is 11.8 Å². The van der Waals surface area contributed by atoms with E-state index in [0.717, 1.165) is 6.92 Å². The van der Waals surface area contributed by atoms with Gasteiger partial charge in [0.05, 0.1) is 35.7 Å². The van der Waals surface area contributed by atoms with Gasteiger partial charge in [0.15, 0.2) is 5.82 Å². The van der Waals surface area contributed by atoms with Gasteiger partial charge in [-0.05, 0) is 38.8 Å². The van der Waals surface area contributed by atoms with E-state index in [1.807, 2.05) is 18.7 Å². The van der Waals surface area contributed by atoms with Crippen LogP contribution in [0, 0.1) is 18.6 Å². The Morgan fingerprint density at radius 2 is 1.90 bits per heavy atom. The molecule has 5 rings (SSSR count). The van der Waals surface area contributed by atoms with Gasteiger partial charge in [0.25, 0.3) is 0 Å². The van der Waals surface area contributed by atoms with Crippen molar-refractivity contribution in [2.45, 2.75) is 63.7 Å². The topological polar surface area (TPSA) is 107 Å². The van der Waals surface area contributed by atoms with Gasteiger partial charge in [-0.2, -0.15) is 35.8 Å². The van der Waals surface area contributed by atoms with Crippen molar-refractivity contribution in [1.82, 2.24) is 19.9 Å². The molecule has 226 valence electrons. The molecule has 1 saturated heterocycles. The summed E-state index contributed by atoms with van der Waals surface area (Å²) in [5, 5.41) is -0.476. The number of nitrogen functional groups attached to an aromatic ring is 1. The summed E-state index contributed by atoms with van der Waals surface area (Å²) >= 11 is 4.41. The first-order chi connectivity index (χ1) is 19.7. The van der Waals surface area contributed by atoms with Gasteiger partial charge in [-0.15, -0.1) is 0 Å². The molecule has 1 fully saturated rings. The van der Waals surface area contributed by atoms with Gasteiger partial charge in [-0.1, -0.05) is 6.92 Å². The average Bonchev–Trinajstić information content (AvgIpc) is 3.06. The molecule has 9 nitrogen and oxygen atoms in total. The van der Waals surface area contributed by atoms with Crippen LogP contribution in [0.25, 0.3) is 22.2 Å². The number of carbonyl (C=O) groups is 1. The highest BCUT2D eigenvalue weighted by Crippen LogP contribution is 2.46. The van der Waals surface area contributed by atoms with Gasteiger partial charge >= 0.3 is 12.2 Å². The third kappa shape index (κ3) is 4.61. The van der Waals surface area contributed by atoms with Crippen molar-refractivity contribution in [3.05, 3.63) is 28.8 Å². The summed E-state index contributed by atoms with van der Waals surface area (Å²) in [5.41, 5.74) is 0.911. The number of amides is 1. The summed E-state index contributed by atoms with van der Waals surface area (Å²) in [4.78, 5) is 29.5. The van der Waals surface area contributed by atoms with Crippen LogP contribution < -0.4 is 20.1 Å². The van der Waals surface area contributed by atoms with Gasteiger partial charge in [-0.3, -0.25) is 4.79 Å². The van der Waals surface area contributed by atoms with Crippen LogP contribution in [-0.4, -0.2) is 69.4 Å². The second-order valence-corrected chi connectivity index (χ2v) is 11.0. The van der Waals surface area contributed by atoms with Crippen molar-refractivity contribution < 1.29 is 36.2 Å². The number of hydrogen-bond donors (Lipinski definition) is 2. The maximum atomic E-state index is 16.3. The molecule has 2 unspecified atom stereocenters. The van der Waals surface area contributed by atoms with Gasteiger partial charge in [0, 0.05) is 18.7 Å². The summed E-state index contributed by atoms with van der Waals surface area (Å²) in [5.74, 6) is -2.66. The fourth-order valence-corrected chi connectivity index (χ4v) is 6.01. The zero-order valence-corrected chi connectivity index (χ0v) is 24.3. The normalized spacial score (nSPS) is 21.1. The summed E-state index contributed by atoms with van der Waals surface area (Å²) in [6.45, 7) is 6.91. The smallest absolute Gasteiger partial charge is 0.417 e. The Bertz CT molecular complexity index is 1590. The van der Waals surface area contributed by atoms with Crippen LogP contribution in [0.15, 0.2) is 6.07 Å². The molecular formula is C27H29F5N6O3S. The van der Waals surface area contributed by atoms with Crippen molar-refractivity contribution in [2.24, 2.45) is 0 Å². The van der Waals surface area contributed by atoms with Crippen molar-refractivity contribution in [2.75, 3.05) is 30.8 Å². The molecule has 2 aliphatic heterocycles. The molecule has 2 aromatic heterocycles. The van der Waals surface area contributed by atoms with E-state index in [4.69, 9.17) is 15.2 Å². The molecule has 3 aromatic rings. The molecule has 4 atom stereocenters. The van der Waals surface area contributed by atoms with Crippen molar-refractivity contribution in [3.8, 4) is 23.1 Å². The highest BCUT2D eigenvalue weighted by atomic mass is 32.1. The maximum absolute atomic E-state index is 16.3. The van der Waals surface area contributed by atoms with Crippen molar-refractivity contribution in [1.29, 1.82) is 0 Å². The van der Waals surface area contributed by atoms with E-state index < -0.39 is 74.8 Å². The second kappa shape index (κ2) is 10.6. The number of carbonyl (C=O) groups excluding carboxylic acids is 1. The van der Waals surface area contributed by atoms with Crippen molar-refractivity contribution in [3.63, 3.8) is 0 Å². The molecule has 2 aliphatic rings. The minimum Gasteiger partial charge on any atom is -0.472 e. The monoisotopic (exact) mass is 612 g/mol. The first-order valence-electron chi connectivity index (χ1n) is 13.2. The maximum Gasteiger partial charge on any atom is 0.417 e. The number of nitrogens with zero attached hydrogens (tertiary/aromatic N) is 5. The van der Waals surface area contributed by atoms with Crippen LogP contribution >= 0.6 is 12.6 Å². The standard InChI is InChI=1S/C27H29F5N6O3S/c1-6-15(42)25(39)37-7-8-38-22(11(37)3)12(4)41-24-16-21(35-26(40-5)36-23(16)38)19(29)20(34-24)13-9-14(33)18(28)10(2)17(13)27(30,31)32/h9,11-12,15,22,42H,6-8,33H2,1-5H3/t11-,12?,15?,22-/m0/s1. The third-order valence-corrected chi connectivity index (χ3v) is 8.48. The minimum absolute atomic E-state index is 0.0272. The molecule has 42 heavy (non-hydrogen) atoms. The number of hydrogen-bond acceptors (Lipinski definition) is 9. The fourth-order valence-electron chi connectivity index (χ4n) is 5.87. The Morgan fingerprint density at radius 1 is 1.21 bits per heavy atom. The van der Waals surface area contributed by atoms with Crippen LogP contribution in [-0.2, 0) is 11.0 Å². The number of benzene rings is 1. The van der Waals surface area contributed by atoms with E-state index in [2.05, 4.69) is 27.6 Å². The lowest BCUT2D eigenvalue weighted by molar-refractivity contribution is -0.138. The lowest BCUT2D eigenvalue weighted by Gasteiger charge is -2.48. The number of pyridine rings is 1. The highest BCUT2D eigenvalue weighted by molar-refractivity contribution is 7.81. The summed E-state index contributed by atoms with van der Waals surface area (Å²) in [6, 6.07) is -0.483. The molecular weight excluding hydrogens is 583 g/mol. The average molecular weight is 613 g/mol. The second-order valence-electron chi connectivity index (χ2n) is 10.4. The first-order valence-corrected chi connectivity index (χ1v) is 13.8. The predicted octanol–water partition coefficient (Wildman–Crippen LogP) is 4.78. The number of methoxy groups -OCH3 is 1. The third-order valence-electron chi connectivity index (χ3n) is 7.89. The lowest BCUT2D eigenvalue weighted by atomic mass is 9.96. The Hall–Kier alpha value is -3.62. The largest absolute Gasteiger partial charge is 0.472 e. The lowest BCUT2D eigenvalue weighted by Crippen LogP contribution is -2.65. The van der Waals surface area contributed by atoms with E-state index >= 15 is 4.39 Å². The zero-order chi connectivity index (χ0) is 30.8. The van der Waals surface area contributed by atoms with Crippen LogP contribution in [0.3, 0.4) is 0 Å². The molecule has 0 saturated carbocycles. The first kappa shape index (κ1) is 29.9. The number of fused-ring (bicyclic) bond motifs is 2. The van der Waals surface area contributed by atoms with Crippen LogP contribution in [0.4, 0.5) is 33.5 Å². The number of rotatable bonds is 4. The summed E-state index contributed by atoms with van der Waals surface area (Å²) in [7, 11) is 1.27. The minimum atomic E-state index is -5.07. The van der Waals surface area contributed by atoms with E-state index in [1.165, 1.54) is 7.11 Å². The number of piperazine rings is 1. The number of thiol groups is 1. The molecule has 0 bridgehead atoms. The van der Waals surface area contributed by atoms with Crippen LogP contribution in [0.1, 0.15) is 38.3 Å².